The smallest absolute Gasteiger partial charge is 0.252 e. The van der Waals surface area contributed by atoms with E-state index in [1.54, 1.807) is 0 Å². The molecular weight excluding hydrogens is 156 g/mol. The molecule has 52 valence electrons. The van der Waals surface area contributed by atoms with Crippen LogP contribution in [-0.2, 0) is 0 Å². The van der Waals surface area contributed by atoms with Gasteiger partial charge in [0.2, 0.25) is 0 Å². The quantitative estimate of drug-likeness (QED) is 0.575. The van der Waals surface area contributed by atoms with E-state index in [9.17, 15) is 9.18 Å². The van der Waals surface area contributed by atoms with Crippen LogP contribution in [0.15, 0.2) is 24.3 Å². The summed E-state index contributed by atoms with van der Waals surface area (Å²) in [4.78, 5) is 10.4. The molecule has 1 nitrogen and oxygen atoms in total. The molecule has 1 rings (SSSR count). The van der Waals surface area contributed by atoms with Crippen molar-refractivity contribution in [2.24, 2.45) is 0 Å². The molecule has 0 heterocycles. The fraction of sp³-hybridized carbons (Fsp3) is 0. The Labute approximate surface area is 62.4 Å². The average Bonchev–Trinajstić information content (AvgIpc) is 1.88. The normalized spacial score (nSPS) is 9.40. The van der Waals surface area contributed by atoms with Gasteiger partial charge in [-0.1, -0.05) is 6.07 Å². The van der Waals surface area contributed by atoms with Gasteiger partial charge in [-0.2, -0.15) is 0 Å². The number of hydrogen-bond acceptors (Lipinski definition) is 1. The van der Waals surface area contributed by atoms with Crippen molar-refractivity contribution in [3.05, 3.63) is 35.6 Å². The van der Waals surface area contributed by atoms with Crippen LogP contribution in [0.4, 0.5) is 4.39 Å². The second kappa shape index (κ2) is 2.80. The van der Waals surface area contributed by atoms with Crippen molar-refractivity contribution in [1.82, 2.24) is 0 Å². The van der Waals surface area contributed by atoms with Gasteiger partial charge < -0.3 is 0 Å². The molecule has 1 aromatic rings. The summed E-state index contributed by atoms with van der Waals surface area (Å²) >= 11 is 5.07. The molecule has 0 fully saturated rings. The predicted molar refractivity (Wildman–Crippen MR) is 36.6 cm³/mol. The van der Waals surface area contributed by atoms with Crippen LogP contribution in [0.3, 0.4) is 0 Å². The standard InChI is InChI=1S/C7H4ClFO/c8-7(10)5-2-1-3-6(9)4-5/h1-4H/i8+2. The molecule has 0 atom stereocenters. The highest BCUT2D eigenvalue weighted by atomic mass is 37.0. The summed E-state index contributed by atoms with van der Waals surface area (Å²) in [5.41, 5.74) is 0.182. The van der Waals surface area contributed by atoms with Crippen molar-refractivity contribution in [2.75, 3.05) is 0 Å². The van der Waals surface area contributed by atoms with Gasteiger partial charge in [-0.25, -0.2) is 4.39 Å². The third-order valence-electron chi connectivity index (χ3n) is 1.05. The Morgan fingerprint density at radius 3 is 2.60 bits per heavy atom. The molecule has 10 heavy (non-hydrogen) atoms. The summed E-state index contributed by atoms with van der Waals surface area (Å²) in [5.74, 6) is -0.452. The maximum absolute atomic E-state index is 12.3. The Hall–Kier alpha value is -0.890. The lowest BCUT2D eigenvalue weighted by Gasteiger charge is -1.90. The molecule has 0 aliphatic rings. The number of carbonyl (C=O) groups excluding carboxylic acids is 1. The number of hydrogen-bond donors (Lipinski definition) is 0. The summed E-state index contributed by atoms with van der Waals surface area (Å²) in [6.45, 7) is 0. The van der Waals surface area contributed by atoms with Crippen molar-refractivity contribution in [3.8, 4) is 0 Å². The molecule has 0 unspecified atom stereocenters. The summed E-state index contributed by atoms with van der Waals surface area (Å²) in [6, 6.07) is 5.24. The third kappa shape index (κ3) is 1.54. The molecule has 0 radical (unpaired) electrons. The van der Waals surface area contributed by atoms with Gasteiger partial charge >= 0.3 is 0 Å². The second-order valence-electron chi connectivity index (χ2n) is 1.78. The predicted octanol–water partition coefficient (Wildman–Crippen LogP) is 2.20. The summed E-state index contributed by atoms with van der Waals surface area (Å²) in [5, 5.41) is -0.639. The topological polar surface area (TPSA) is 17.1 Å². The molecule has 1 aromatic carbocycles. The molecule has 0 aliphatic carbocycles. The first-order chi connectivity index (χ1) is 4.70. The van der Waals surface area contributed by atoms with Gasteiger partial charge in [0, 0.05) is 5.56 Å². The van der Waals surface area contributed by atoms with Crippen LogP contribution >= 0.6 is 11.6 Å². The lowest BCUT2D eigenvalue weighted by Crippen LogP contribution is -1.87. The van der Waals surface area contributed by atoms with Gasteiger partial charge in [-0.05, 0) is 29.8 Å². The molecule has 3 heteroatoms. The molecular formula is C7H4ClFO. The van der Waals surface area contributed by atoms with Crippen molar-refractivity contribution >= 4 is 16.8 Å². The highest BCUT2D eigenvalue weighted by molar-refractivity contribution is 6.67. The zero-order valence-corrected chi connectivity index (χ0v) is 5.73. The highest BCUT2D eigenvalue weighted by Crippen LogP contribution is 2.05. The van der Waals surface area contributed by atoms with Gasteiger partial charge in [0.1, 0.15) is 5.82 Å². The monoisotopic (exact) mass is 160 g/mol. The van der Waals surface area contributed by atoms with Gasteiger partial charge in [0.05, 0.1) is 0 Å². The molecule has 0 aliphatic heterocycles. The highest BCUT2D eigenvalue weighted by Gasteiger charge is 2.00. The number of benzene rings is 1. The summed E-state index contributed by atoms with van der Waals surface area (Å²) in [7, 11) is 0. The van der Waals surface area contributed by atoms with Gasteiger partial charge in [0.15, 0.2) is 0 Å². The van der Waals surface area contributed by atoms with Crippen LogP contribution in [0.2, 0.25) is 0 Å². The maximum atomic E-state index is 12.3. The van der Waals surface area contributed by atoms with E-state index in [0.29, 0.717) is 0 Å². The molecule has 0 saturated carbocycles. The minimum absolute atomic E-state index is 0.182. The Balaban J connectivity index is 3.07. The van der Waals surface area contributed by atoms with Crippen LogP contribution in [-0.4, -0.2) is 5.24 Å². The Kier molecular flexibility index (Phi) is 2.02. The van der Waals surface area contributed by atoms with Crippen LogP contribution in [0.1, 0.15) is 10.4 Å². The SMILES string of the molecule is O=C([37Cl])c1cccc(F)c1. The second-order valence-corrected chi connectivity index (χ2v) is 2.13. The van der Waals surface area contributed by atoms with E-state index in [0.717, 1.165) is 6.07 Å². The van der Waals surface area contributed by atoms with Crippen LogP contribution in [0.25, 0.3) is 0 Å². The molecule has 0 bridgehead atoms. The minimum atomic E-state index is -0.639. The molecule has 0 N–H and O–H groups in total. The fourth-order valence-corrected chi connectivity index (χ4v) is 0.728. The first kappa shape index (κ1) is 7.22. The molecule has 0 aromatic heterocycles. The van der Waals surface area contributed by atoms with E-state index < -0.39 is 11.1 Å². The maximum Gasteiger partial charge on any atom is 0.252 e. The molecule has 0 saturated heterocycles. The van der Waals surface area contributed by atoms with Crippen molar-refractivity contribution in [2.45, 2.75) is 0 Å². The molecule has 0 spiro atoms. The van der Waals surface area contributed by atoms with Crippen LogP contribution in [0.5, 0.6) is 0 Å². The zero-order chi connectivity index (χ0) is 7.56. The third-order valence-corrected chi connectivity index (χ3v) is 1.27. The molecule has 0 amide bonds. The average molecular weight is 160 g/mol. The van der Waals surface area contributed by atoms with Crippen LogP contribution in [0, 0.1) is 5.82 Å². The van der Waals surface area contributed by atoms with Gasteiger partial charge in [-0.15, -0.1) is 0 Å². The Morgan fingerprint density at radius 1 is 1.50 bits per heavy atom. The number of rotatable bonds is 1. The van der Waals surface area contributed by atoms with E-state index in [1.165, 1.54) is 18.2 Å². The first-order valence-corrected chi connectivity index (χ1v) is 3.03. The number of carbonyl (C=O) groups is 1. The Bertz CT molecular complexity index is 260. The van der Waals surface area contributed by atoms with Crippen molar-refractivity contribution in [3.63, 3.8) is 0 Å². The number of halogens is 2. The van der Waals surface area contributed by atoms with E-state index in [2.05, 4.69) is 0 Å². The Morgan fingerprint density at radius 2 is 2.20 bits per heavy atom. The van der Waals surface area contributed by atoms with Crippen LogP contribution < -0.4 is 0 Å². The fourth-order valence-electron chi connectivity index (χ4n) is 0.611. The summed E-state index contributed by atoms with van der Waals surface area (Å²) in [6.07, 6.45) is 0. The van der Waals surface area contributed by atoms with E-state index in [4.69, 9.17) is 11.6 Å². The van der Waals surface area contributed by atoms with Gasteiger partial charge in [0.25, 0.3) is 5.24 Å². The lowest BCUT2D eigenvalue weighted by atomic mass is 10.2. The zero-order valence-electron chi connectivity index (χ0n) is 4.97. The van der Waals surface area contributed by atoms with E-state index in [1.807, 2.05) is 0 Å². The first-order valence-electron chi connectivity index (χ1n) is 2.65. The van der Waals surface area contributed by atoms with Crippen molar-refractivity contribution < 1.29 is 9.18 Å². The van der Waals surface area contributed by atoms with E-state index in [-0.39, 0.29) is 5.56 Å². The minimum Gasteiger partial charge on any atom is -0.276 e. The van der Waals surface area contributed by atoms with E-state index >= 15 is 0 Å². The summed E-state index contributed by atoms with van der Waals surface area (Å²) < 4.78 is 12.3. The van der Waals surface area contributed by atoms with Crippen molar-refractivity contribution in [1.29, 1.82) is 0 Å². The lowest BCUT2D eigenvalue weighted by molar-refractivity contribution is 0.108. The largest absolute Gasteiger partial charge is 0.276 e. The van der Waals surface area contributed by atoms with Gasteiger partial charge in [-0.3, -0.25) is 4.79 Å².